The third-order valence-corrected chi connectivity index (χ3v) is 6.81. The van der Waals surface area contributed by atoms with Gasteiger partial charge in [0.1, 0.15) is 4.21 Å². The highest BCUT2D eigenvalue weighted by Crippen LogP contribution is 2.23. The summed E-state index contributed by atoms with van der Waals surface area (Å²) < 4.78 is 27.2. The fraction of sp³-hybridized carbons (Fsp3) is 0.600. The normalized spacial score (nSPS) is 16.0. The number of nitrogens with one attached hydrogen (secondary N) is 1. The van der Waals surface area contributed by atoms with Crippen LogP contribution in [0.1, 0.15) is 25.1 Å². The van der Waals surface area contributed by atoms with Gasteiger partial charge >= 0.3 is 0 Å². The van der Waals surface area contributed by atoms with Crippen LogP contribution in [0.4, 0.5) is 0 Å². The highest BCUT2D eigenvalue weighted by molar-refractivity contribution is 9.09. The second-order valence-electron chi connectivity index (χ2n) is 4.02. The molecule has 0 radical (unpaired) electrons. The molecule has 1 rings (SSSR count). The van der Waals surface area contributed by atoms with E-state index in [-0.39, 0.29) is 0 Å². The molecule has 1 heterocycles. The van der Waals surface area contributed by atoms with E-state index in [1.165, 1.54) is 11.3 Å². The van der Waals surface area contributed by atoms with Crippen LogP contribution in [0, 0.1) is 6.92 Å². The highest BCUT2D eigenvalue weighted by Gasteiger charge is 2.28. The molecule has 0 spiro atoms. The Morgan fingerprint density at radius 1 is 1.50 bits per heavy atom. The van der Waals surface area contributed by atoms with Gasteiger partial charge in [-0.05, 0) is 32.4 Å². The molecule has 6 heteroatoms. The molecule has 0 saturated carbocycles. The van der Waals surface area contributed by atoms with Gasteiger partial charge in [0, 0.05) is 15.7 Å². The highest BCUT2D eigenvalue weighted by atomic mass is 79.9. The first kappa shape index (κ1) is 14.2. The molecule has 16 heavy (non-hydrogen) atoms. The SMILES string of the molecule is CCC(C)(CBr)NS(=O)(=O)c1ccc(C)s1. The number of sulfonamides is 1. The van der Waals surface area contributed by atoms with E-state index in [2.05, 4.69) is 20.7 Å². The molecule has 92 valence electrons. The second kappa shape index (κ2) is 5.16. The second-order valence-corrected chi connectivity index (χ2v) is 7.78. The minimum Gasteiger partial charge on any atom is -0.206 e. The molecule has 1 aromatic rings. The summed E-state index contributed by atoms with van der Waals surface area (Å²) in [4.78, 5) is 0.998. The molecular weight excluding hydrogens is 310 g/mol. The summed E-state index contributed by atoms with van der Waals surface area (Å²) in [6.07, 6.45) is 0.738. The monoisotopic (exact) mass is 325 g/mol. The van der Waals surface area contributed by atoms with Crippen LogP contribution in [0.25, 0.3) is 0 Å². The molecule has 0 bridgehead atoms. The molecule has 0 saturated heterocycles. The molecule has 3 nitrogen and oxygen atoms in total. The number of halogens is 1. The van der Waals surface area contributed by atoms with E-state index in [1.54, 1.807) is 6.07 Å². The van der Waals surface area contributed by atoms with Crippen molar-refractivity contribution in [1.82, 2.24) is 4.72 Å². The molecule has 1 N–H and O–H groups in total. The topological polar surface area (TPSA) is 46.2 Å². The largest absolute Gasteiger partial charge is 0.250 e. The summed E-state index contributed by atoms with van der Waals surface area (Å²) in [5, 5.41) is 0.597. The van der Waals surface area contributed by atoms with Gasteiger partial charge in [-0.3, -0.25) is 0 Å². The Bertz CT molecular complexity index is 449. The lowest BCUT2D eigenvalue weighted by atomic mass is 10.0. The van der Waals surface area contributed by atoms with Gasteiger partial charge in [0.2, 0.25) is 0 Å². The Hall–Kier alpha value is 0.0900. The molecule has 1 atom stereocenters. The van der Waals surface area contributed by atoms with Crippen LogP contribution in [0.15, 0.2) is 16.3 Å². The van der Waals surface area contributed by atoms with Gasteiger partial charge in [-0.15, -0.1) is 11.3 Å². The van der Waals surface area contributed by atoms with Crippen molar-refractivity contribution in [3.8, 4) is 0 Å². The zero-order chi connectivity index (χ0) is 12.4. The molecule has 0 aliphatic rings. The van der Waals surface area contributed by atoms with E-state index >= 15 is 0 Å². The third-order valence-electron chi connectivity index (χ3n) is 2.44. The Kier molecular flexibility index (Phi) is 4.57. The van der Waals surface area contributed by atoms with Gasteiger partial charge in [0.05, 0.1) is 0 Å². The third kappa shape index (κ3) is 3.29. The zero-order valence-corrected chi connectivity index (χ0v) is 12.8. The maximum Gasteiger partial charge on any atom is 0.250 e. The smallest absolute Gasteiger partial charge is 0.206 e. The van der Waals surface area contributed by atoms with Gasteiger partial charge in [-0.1, -0.05) is 22.9 Å². The maximum atomic E-state index is 12.1. The lowest BCUT2D eigenvalue weighted by molar-refractivity contribution is 0.450. The number of hydrogen-bond donors (Lipinski definition) is 1. The number of thiophene rings is 1. The first-order chi connectivity index (χ1) is 7.33. The summed E-state index contributed by atoms with van der Waals surface area (Å²) in [5.74, 6) is 0. The van der Waals surface area contributed by atoms with E-state index in [0.29, 0.717) is 9.54 Å². The number of rotatable bonds is 5. The van der Waals surface area contributed by atoms with Crippen molar-refractivity contribution in [2.45, 2.75) is 36.9 Å². The van der Waals surface area contributed by atoms with Gasteiger partial charge in [0.15, 0.2) is 0 Å². The van der Waals surface area contributed by atoms with E-state index in [9.17, 15) is 8.42 Å². The summed E-state index contributed by atoms with van der Waals surface area (Å²) >= 11 is 4.63. The minimum absolute atomic E-state index is 0.380. The van der Waals surface area contributed by atoms with Gasteiger partial charge in [-0.2, -0.15) is 0 Å². The van der Waals surface area contributed by atoms with Crippen molar-refractivity contribution in [3.05, 3.63) is 17.0 Å². The van der Waals surface area contributed by atoms with Crippen molar-refractivity contribution in [1.29, 1.82) is 0 Å². The van der Waals surface area contributed by atoms with Crippen molar-refractivity contribution in [2.24, 2.45) is 0 Å². The van der Waals surface area contributed by atoms with Gasteiger partial charge in [0.25, 0.3) is 10.0 Å². The average molecular weight is 326 g/mol. The average Bonchev–Trinajstić information content (AvgIpc) is 2.65. The summed E-state index contributed by atoms with van der Waals surface area (Å²) in [5.41, 5.74) is -0.434. The summed E-state index contributed by atoms with van der Waals surface area (Å²) in [6, 6.07) is 3.46. The minimum atomic E-state index is -3.38. The molecule has 1 aromatic heterocycles. The predicted molar refractivity (Wildman–Crippen MR) is 71.9 cm³/mol. The Morgan fingerprint density at radius 2 is 2.12 bits per heavy atom. The molecule has 0 aliphatic carbocycles. The van der Waals surface area contributed by atoms with E-state index in [0.717, 1.165) is 11.3 Å². The predicted octanol–water partition coefficient (Wildman–Crippen LogP) is 2.90. The molecule has 0 aromatic carbocycles. The first-order valence-electron chi connectivity index (χ1n) is 4.99. The quantitative estimate of drug-likeness (QED) is 0.846. The number of hydrogen-bond acceptors (Lipinski definition) is 3. The van der Waals surface area contributed by atoms with Crippen LogP contribution in [-0.4, -0.2) is 19.3 Å². The van der Waals surface area contributed by atoms with Crippen molar-refractivity contribution in [3.63, 3.8) is 0 Å². The number of alkyl halides is 1. The molecule has 0 aliphatic heterocycles. The first-order valence-corrected chi connectivity index (χ1v) is 8.41. The van der Waals surface area contributed by atoms with Crippen LogP contribution >= 0.6 is 27.3 Å². The van der Waals surface area contributed by atoms with Crippen molar-refractivity contribution < 1.29 is 8.42 Å². The fourth-order valence-electron chi connectivity index (χ4n) is 1.13. The molecule has 0 amide bonds. The zero-order valence-electron chi connectivity index (χ0n) is 9.58. The van der Waals surface area contributed by atoms with Gasteiger partial charge in [-0.25, -0.2) is 13.1 Å². The molecular formula is C10H16BrNO2S2. The number of aryl methyl sites for hydroxylation is 1. The van der Waals surface area contributed by atoms with Gasteiger partial charge < -0.3 is 0 Å². The lowest BCUT2D eigenvalue weighted by Gasteiger charge is -2.26. The summed E-state index contributed by atoms with van der Waals surface area (Å²) in [7, 11) is -3.38. The molecule has 0 fully saturated rings. The van der Waals surface area contributed by atoms with Crippen LogP contribution in [0.2, 0.25) is 0 Å². The van der Waals surface area contributed by atoms with E-state index in [4.69, 9.17) is 0 Å². The van der Waals surface area contributed by atoms with Crippen LogP contribution < -0.4 is 4.72 Å². The Labute approximate surface area is 109 Å². The van der Waals surface area contributed by atoms with Crippen LogP contribution in [0.3, 0.4) is 0 Å². The lowest BCUT2D eigenvalue weighted by Crippen LogP contribution is -2.46. The van der Waals surface area contributed by atoms with Crippen LogP contribution in [-0.2, 0) is 10.0 Å². The Morgan fingerprint density at radius 3 is 2.50 bits per heavy atom. The van der Waals surface area contributed by atoms with E-state index < -0.39 is 15.6 Å². The summed E-state index contributed by atoms with van der Waals surface area (Å²) in [6.45, 7) is 5.75. The van der Waals surface area contributed by atoms with E-state index in [1.807, 2.05) is 26.8 Å². The Balaban J connectivity index is 2.96. The fourth-order valence-corrected chi connectivity index (χ4v) is 4.61. The van der Waals surface area contributed by atoms with Crippen molar-refractivity contribution in [2.75, 3.05) is 5.33 Å². The van der Waals surface area contributed by atoms with Crippen molar-refractivity contribution >= 4 is 37.3 Å². The van der Waals surface area contributed by atoms with Crippen LogP contribution in [0.5, 0.6) is 0 Å². The molecule has 1 unspecified atom stereocenters. The standard InChI is InChI=1S/C10H16BrNO2S2/c1-4-10(3,7-11)12-16(13,14)9-6-5-8(2)15-9/h5-6,12H,4,7H2,1-3H3. The maximum absolute atomic E-state index is 12.1.